The van der Waals surface area contributed by atoms with Crippen LogP contribution in [0.2, 0.25) is 0 Å². The summed E-state index contributed by atoms with van der Waals surface area (Å²) in [5.74, 6) is -0.687. The molecular formula is C14H21N3O2S2. The number of nitrogens with one attached hydrogen (secondary N) is 2. The predicted octanol–water partition coefficient (Wildman–Crippen LogP) is 2.58. The SMILES string of the molecule is CCc1c(C)sc(NC(=S)NC(=O)C(C)(C)C)c1C(N)=O. The van der Waals surface area contributed by atoms with E-state index < -0.39 is 11.3 Å². The molecular weight excluding hydrogens is 306 g/mol. The van der Waals surface area contributed by atoms with Gasteiger partial charge in [0.25, 0.3) is 5.91 Å². The zero-order chi connectivity index (χ0) is 16.4. The Labute approximate surface area is 134 Å². The zero-order valence-electron chi connectivity index (χ0n) is 12.9. The number of hydrogen-bond acceptors (Lipinski definition) is 4. The number of hydrogen-bond donors (Lipinski definition) is 3. The van der Waals surface area contributed by atoms with Crippen LogP contribution in [0, 0.1) is 12.3 Å². The summed E-state index contributed by atoms with van der Waals surface area (Å²) in [5, 5.41) is 6.27. The van der Waals surface area contributed by atoms with E-state index in [9.17, 15) is 9.59 Å². The molecule has 0 saturated heterocycles. The minimum atomic E-state index is -0.543. The maximum Gasteiger partial charge on any atom is 0.251 e. The average molecular weight is 327 g/mol. The summed E-state index contributed by atoms with van der Waals surface area (Å²) < 4.78 is 0. The van der Waals surface area contributed by atoms with Gasteiger partial charge in [-0.3, -0.25) is 9.59 Å². The van der Waals surface area contributed by atoms with Crippen molar-refractivity contribution < 1.29 is 9.59 Å². The second-order valence-corrected chi connectivity index (χ2v) is 7.35. The van der Waals surface area contributed by atoms with Crippen LogP contribution in [0.25, 0.3) is 0 Å². The molecule has 0 aliphatic heterocycles. The Kier molecular flexibility index (Phi) is 5.47. The standard InChI is InChI=1S/C14H21N3O2S2/c1-6-8-7(2)21-11(9(8)10(15)18)16-13(20)17-12(19)14(3,4)5/h6H2,1-5H3,(H2,15,18)(H2,16,17,19,20). The number of anilines is 1. The van der Waals surface area contributed by atoms with Crippen LogP contribution in [0.1, 0.15) is 48.5 Å². The molecule has 1 rings (SSSR count). The number of thiocarbonyl (C=S) groups is 1. The molecule has 0 spiro atoms. The number of rotatable bonds is 3. The van der Waals surface area contributed by atoms with Gasteiger partial charge in [0.2, 0.25) is 5.91 Å². The third-order valence-corrected chi connectivity index (χ3v) is 4.21. The number of primary amides is 1. The van der Waals surface area contributed by atoms with Gasteiger partial charge in [0.1, 0.15) is 5.00 Å². The molecule has 0 saturated carbocycles. The van der Waals surface area contributed by atoms with Gasteiger partial charge in [-0.15, -0.1) is 11.3 Å². The third-order valence-electron chi connectivity index (χ3n) is 2.94. The van der Waals surface area contributed by atoms with Gasteiger partial charge >= 0.3 is 0 Å². The lowest BCUT2D eigenvalue weighted by Gasteiger charge is -2.18. The van der Waals surface area contributed by atoms with E-state index in [0.29, 0.717) is 17.0 Å². The minimum absolute atomic E-state index is 0.168. The van der Waals surface area contributed by atoms with Crippen LogP contribution >= 0.6 is 23.6 Å². The van der Waals surface area contributed by atoms with Crippen molar-refractivity contribution >= 4 is 45.5 Å². The lowest BCUT2D eigenvalue weighted by atomic mass is 9.96. The van der Waals surface area contributed by atoms with Gasteiger partial charge in [-0.25, -0.2) is 0 Å². The van der Waals surface area contributed by atoms with Gasteiger partial charge in [0.05, 0.1) is 5.56 Å². The molecule has 21 heavy (non-hydrogen) atoms. The monoisotopic (exact) mass is 327 g/mol. The van der Waals surface area contributed by atoms with Crippen LogP contribution in [0.4, 0.5) is 5.00 Å². The Balaban J connectivity index is 2.96. The summed E-state index contributed by atoms with van der Waals surface area (Å²) >= 11 is 6.53. The molecule has 0 bridgehead atoms. The first-order valence-electron chi connectivity index (χ1n) is 6.62. The van der Waals surface area contributed by atoms with Crippen LogP contribution in [0.5, 0.6) is 0 Å². The summed E-state index contributed by atoms with van der Waals surface area (Å²) in [7, 11) is 0. The molecule has 0 aliphatic rings. The van der Waals surface area contributed by atoms with E-state index in [1.807, 2.05) is 13.8 Å². The van der Waals surface area contributed by atoms with Crippen LogP contribution in [-0.4, -0.2) is 16.9 Å². The molecule has 1 aromatic heterocycles. The fraction of sp³-hybridized carbons (Fsp3) is 0.500. The van der Waals surface area contributed by atoms with Gasteiger partial charge in [-0.05, 0) is 31.1 Å². The van der Waals surface area contributed by atoms with Crippen molar-refractivity contribution in [3.8, 4) is 0 Å². The highest BCUT2D eigenvalue weighted by Crippen LogP contribution is 2.33. The largest absolute Gasteiger partial charge is 0.365 e. The van der Waals surface area contributed by atoms with Gasteiger partial charge in [0.15, 0.2) is 5.11 Å². The van der Waals surface area contributed by atoms with Crippen molar-refractivity contribution in [1.82, 2.24) is 5.32 Å². The Hall–Kier alpha value is -1.47. The lowest BCUT2D eigenvalue weighted by molar-refractivity contribution is -0.126. The van der Waals surface area contributed by atoms with Crippen LogP contribution in [-0.2, 0) is 11.2 Å². The maximum atomic E-state index is 11.9. The fourth-order valence-corrected chi connectivity index (χ4v) is 3.19. The van der Waals surface area contributed by atoms with E-state index in [1.165, 1.54) is 11.3 Å². The van der Waals surface area contributed by atoms with E-state index in [-0.39, 0.29) is 11.0 Å². The Morgan fingerprint density at radius 3 is 2.33 bits per heavy atom. The van der Waals surface area contributed by atoms with E-state index in [2.05, 4.69) is 10.6 Å². The van der Waals surface area contributed by atoms with Crippen LogP contribution in [0.3, 0.4) is 0 Å². The highest BCUT2D eigenvalue weighted by atomic mass is 32.1. The van der Waals surface area contributed by atoms with Crippen molar-refractivity contribution in [2.24, 2.45) is 11.1 Å². The number of carbonyl (C=O) groups is 2. The second kappa shape index (κ2) is 6.53. The molecule has 2 amide bonds. The Bertz CT molecular complexity index is 586. The maximum absolute atomic E-state index is 11.9. The average Bonchev–Trinajstić information content (AvgIpc) is 2.63. The highest BCUT2D eigenvalue weighted by molar-refractivity contribution is 7.80. The summed E-state index contributed by atoms with van der Waals surface area (Å²) in [6.07, 6.45) is 0.712. The molecule has 0 fully saturated rings. The number of nitrogens with two attached hydrogens (primary N) is 1. The van der Waals surface area contributed by atoms with E-state index in [0.717, 1.165) is 10.4 Å². The molecule has 7 heteroatoms. The Morgan fingerprint density at radius 1 is 1.33 bits per heavy atom. The summed E-state index contributed by atoms with van der Waals surface area (Å²) in [4.78, 5) is 24.5. The number of amides is 2. The fourth-order valence-electron chi connectivity index (χ4n) is 1.78. The summed E-state index contributed by atoms with van der Waals surface area (Å²) in [6.45, 7) is 9.28. The molecule has 0 aromatic carbocycles. The molecule has 0 unspecified atom stereocenters. The second-order valence-electron chi connectivity index (χ2n) is 5.72. The lowest BCUT2D eigenvalue weighted by Crippen LogP contribution is -2.41. The van der Waals surface area contributed by atoms with Gasteiger partial charge in [0, 0.05) is 10.3 Å². The smallest absolute Gasteiger partial charge is 0.251 e. The molecule has 5 nitrogen and oxygen atoms in total. The molecule has 0 atom stereocenters. The van der Waals surface area contributed by atoms with Gasteiger partial charge in [-0.1, -0.05) is 27.7 Å². The van der Waals surface area contributed by atoms with Crippen LogP contribution < -0.4 is 16.4 Å². The first-order chi connectivity index (χ1) is 9.57. The van der Waals surface area contributed by atoms with Gasteiger partial charge in [-0.2, -0.15) is 0 Å². The topological polar surface area (TPSA) is 84.2 Å². The van der Waals surface area contributed by atoms with Crippen molar-refractivity contribution in [3.05, 3.63) is 16.0 Å². The molecule has 0 radical (unpaired) electrons. The highest BCUT2D eigenvalue weighted by Gasteiger charge is 2.24. The van der Waals surface area contributed by atoms with E-state index >= 15 is 0 Å². The summed E-state index contributed by atoms with van der Waals surface area (Å²) in [6, 6.07) is 0. The normalized spacial score (nSPS) is 11.1. The van der Waals surface area contributed by atoms with Gasteiger partial charge < -0.3 is 16.4 Å². The van der Waals surface area contributed by atoms with Crippen molar-refractivity contribution in [2.45, 2.75) is 41.0 Å². The third kappa shape index (κ3) is 4.25. The van der Waals surface area contributed by atoms with Crippen LogP contribution in [0.15, 0.2) is 0 Å². The van der Waals surface area contributed by atoms with Crippen molar-refractivity contribution in [3.63, 3.8) is 0 Å². The molecule has 0 aliphatic carbocycles. The number of thiophene rings is 1. The Morgan fingerprint density at radius 2 is 1.90 bits per heavy atom. The molecule has 4 N–H and O–H groups in total. The van der Waals surface area contributed by atoms with E-state index in [4.69, 9.17) is 18.0 Å². The van der Waals surface area contributed by atoms with E-state index in [1.54, 1.807) is 20.8 Å². The molecule has 1 heterocycles. The summed E-state index contributed by atoms with van der Waals surface area (Å²) in [5.41, 5.74) is 6.27. The minimum Gasteiger partial charge on any atom is -0.365 e. The molecule has 116 valence electrons. The predicted molar refractivity (Wildman–Crippen MR) is 90.8 cm³/mol. The molecule has 1 aromatic rings. The number of carbonyl (C=O) groups excluding carboxylic acids is 2. The number of aryl methyl sites for hydroxylation is 1. The zero-order valence-corrected chi connectivity index (χ0v) is 14.6. The van der Waals surface area contributed by atoms with Crippen molar-refractivity contribution in [1.29, 1.82) is 0 Å². The quantitative estimate of drug-likeness (QED) is 0.745. The first-order valence-corrected chi connectivity index (χ1v) is 7.84. The first kappa shape index (κ1) is 17.6. The van der Waals surface area contributed by atoms with Crippen molar-refractivity contribution in [2.75, 3.05) is 5.32 Å².